The Kier molecular flexibility index (Phi) is 4.50. The summed E-state index contributed by atoms with van der Waals surface area (Å²) in [6.07, 6.45) is 1.06. The molecule has 0 aliphatic heterocycles. The van der Waals surface area contributed by atoms with Gasteiger partial charge >= 0.3 is 0 Å². The van der Waals surface area contributed by atoms with Crippen LogP contribution in [0.3, 0.4) is 0 Å². The standard InChI is InChI=1S/C13H20N2O/c1-9(2)8-10-4-6-11(7-5-10)12(15-3)13(14)16/h4-7,9,12,15H,8H2,1-3H3,(H2,14,16). The largest absolute Gasteiger partial charge is 0.368 e. The molecule has 0 aliphatic rings. The molecule has 0 heterocycles. The summed E-state index contributed by atoms with van der Waals surface area (Å²) in [4.78, 5) is 11.2. The van der Waals surface area contributed by atoms with Crippen LogP contribution in [-0.4, -0.2) is 13.0 Å². The zero-order valence-electron chi connectivity index (χ0n) is 10.2. The van der Waals surface area contributed by atoms with Gasteiger partial charge < -0.3 is 11.1 Å². The van der Waals surface area contributed by atoms with Gasteiger partial charge in [-0.05, 0) is 30.5 Å². The van der Waals surface area contributed by atoms with Crippen molar-refractivity contribution in [2.24, 2.45) is 11.7 Å². The van der Waals surface area contributed by atoms with Gasteiger partial charge in [-0.15, -0.1) is 0 Å². The van der Waals surface area contributed by atoms with Crippen LogP contribution >= 0.6 is 0 Å². The first-order chi connectivity index (χ1) is 7.54. The molecule has 1 rings (SSSR count). The van der Waals surface area contributed by atoms with Crippen molar-refractivity contribution in [3.05, 3.63) is 35.4 Å². The lowest BCUT2D eigenvalue weighted by atomic mass is 9.99. The van der Waals surface area contributed by atoms with Gasteiger partial charge in [0, 0.05) is 0 Å². The summed E-state index contributed by atoms with van der Waals surface area (Å²) in [5.74, 6) is 0.293. The molecular weight excluding hydrogens is 200 g/mol. The number of nitrogens with two attached hydrogens (primary N) is 1. The molecule has 1 aromatic rings. The lowest BCUT2D eigenvalue weighted by Gasteiger charge is -2.13. The number of carbonyl (C=O) groups excluding carboxylic acids is 1. The number of likely N-dealkylation sites (N-methyl/N-ethyl adjacent to an activating group) is 1. The van der Waals surface area contributed by atoms with E-state index in [1.54, 1.807) is 7.05 Å². The van der Waals surface area contributed by atoms with E-state index in [1.807, 2.05) is 12.1 Å². The average molecular weight is 220 g/mol. The Morgan fingerprint density at radius 1 is 1.31 bits per heavy atom. The number of benzene rings is 1. The molecule has 0 bridgehead atoms. The second-order valence-electron chi connectivity index (χ2n) is 4.46. The minimum absolute atomic E-state index is 0.348. The number of rotatable bonds is 5. The number of primary amides is 1. The molecule has 0 aliphatic carbocycles. The van der Waals surface area contributed by atoms with Crippen molar-refractivity contribution in [2.75, 3.05) is 7.05 Å². The second-order valence-corrected chi connectivity index (χ2v) is 4.46. The van der Waals surface area contributed by atoms with Crippen LogP contribution in [0.4, 0.5) is 0 Å². The Bertz CT molecular complexity index is 343. The fraction of sp³-hybridized carbons (Fsp3) is 0.462. The maximum absolute atomic E-state index is 11.2. The first-order valence-corrected chi connectivity index (χ1v) is 5.60. The molecule has 3 N–H and O–H groups in total. The van der Waals surface area contributed by atoms with Gasteiger partial charge in [0.2, 0.25) is 5.91 Å². The first kappa shape index (κ1) is 12.7. The van der Waals surface area contributed by atoms with Crippen LogP contribution in [0.1, 0.15) is 31.0 Å². The van der Waals surface area contributed by atoms with Crippen LogP contribution < -0.4 is 11.1 Å². The first-order valence-electron chi connectivity index (χ1n) is 5.60. The quantitative estimate of drug-likeness (QED) is 0.792. The molecule has 0 saturated heterocycles. The van der Waals surface area contributed by atoms with Crippen LogP contribution in [0.15, 0.2) is 24.3 Å². The van der Waals surface area contributed by atoms with Crippen LogP contribution in [0.5, 0.6) is 0 Å². The van der Waals surface area contributed by atoms with Crippen LogP contribution in [0.2, 0.25) is 0 Å². The molecule has 1 unspecified atom stereocenters. The highest BCUT2D eigenvalue weighted by Crippen LogP contribution is 2.15. The summed E-state index contributed by atoms with van der Waals surface area (Å²) in [5, 5.41) is 2.90. The summed E-state index contributed by atoms with van der Waals surface area (Å²) < 4.78 is 0. The fourth-order valence-electron chi connectivity index (χ4n) is 1.79. The van der Waals surface area contributed by atoms with Gasteiger partial charge in [-0.1, -0.05) is 38.1 Å². The van der Waals surface area contributed by atoms with Crippen molar-refractivity contribution in [1.29, 1.82) is 0 Å². The highest BCUT2D eigenvalue weighted by molar-refractivity contribution is 5.81. The number of nitrogens with one attached hydrogen (secondary N) is 1. The van der Waals surface area contributed by atoms with Gasteiger partial charge in [-0.2, -0.15) is 0 Å². The lowest BCUT2D eigenvalue weighted by molar-refractivity contribution is -0.120. The zero-order valence-corrected chi connectivity index (χ0v) is 10.2. The summed E-state index contributed by atoms with van der Waals surface area (Å²) in [5.41, 5.74) is 7.51. The Labute approximate surface area is 97.0 Å². The van der Waals surface area contributed by atoms with Crippen molar-refractivity contribution in [3.63, 3.8) is 0 Å². The van der Waals surface area contributed by atoms with E-state index >= 15 is 0 Å². The predicted molar refractivity (Wildman–Crippen MR) is 66.0 cm³/mol. The Hall–Kier alpha value is -1.35. The average Bonchev–Trinajstić information content (AvgIpc) is 2.20. The molecule has 0 aromatic heterocycles. The molecule has 1 aromatic carbocycles. The lowest BCUT2D eigenvalue weighted by Crippen LogP contribution is -2.31. The molecule has 0 spiro atoms. The number of amides is 1. The topological polar surface area (TPSA) is 55.1 Å². The van der Waals surface area contributed by atoms with Crippen molar-refractivity contribution in [3.8, 4) is 0 Å². The summed E-state index contributed by atoms with van der Waals surface area (Å²) in [7, 11) is 1.73. The molecule has 88 valence electrons. The molecule has 0 fully saturated rings. The molecule has 16 heavy (non-hydrogen) atoms. The highest BCUT2D eigenvalue weighted by Gasteiger charge is 2.14. The smallest absolute Gasteiger partial charge is 0.239 e. The van der Waals surface area contributed by atoms with Gasteiger partial charge in [-0.25, -0.2) is 0 Å². The third-order valence-corrected chi connectivity index (χ3v) is 2.53. The van der Waals surface area contributed by atoms with Crippen molar-refractivity contribution in [2.45, 2.75) is 26.3 Å². The van der Waals surface area contributed by atoms with Gasteiger partial charge in [0.25, 0.3) is 0 Å². The monoisotopic (exact) mass is 220 g/mol. The molecule has 1 atom stereocenters. The molecule has 3 nitrogen and oxygen atoms in total. The minimum Gasteiger partial charge on any atom is -0.368 e. The summed E-state index contributed by atoms with van der Waals surface area (Å²) >= 11 is 0. The van der Waals surface area contributed by atoms with Crippen LogP contribution in [0.25, 0.3) is 0 Å². The molecule has 0 saturated carbocycles. The van der Waals surface area contributed by atoms with E-state index in [0.29, 0.717) is 5.92 Å². The number of hydrogen-bond acceptors (Lipinski definition) is 2. The van der Waals surface area contributed by atoms with Crippen molar-refractivity contribution in [1.82, 2.24) is 5.32 Å². The second kappa shape index (κ2) is 5.66. The fourth-order valence-corrected chi connectivity index (χ4v) is 1.79. The van der Waals surface area contributed by atoms with Crippen LogP contribution in [-0.2, 0) is 11.2 Å². The third kappa shape index (κ3) is 3.35. The normalized spacial score (nSPS) is 12.8. The van der Waals surface area contributed by atoms with Crippen LogP contribution in [0, 0.1) is 5.92 Å². The van der Waals surface area contributed by atoms with E-state index in [4.69, 9.17) is 5.73 Å². The Morgan fingerprint density at radius 2 is 1.88 bits per heavy atom. The zero-order chi connectivity index (χ0) is 12.1. The SMILES string of the molecule is CNC(C(N)=O)c1ccc(CC(C)C)cc1. The van der Waals surface area contributed by atoms with Crippen molar-refractivity contribution < 1.29 is 4.79 Å². The predicted octanol–water partition coefficient (Wildman–Crippen LogP) is 1.63. The van der Waals surface area contributed by atoms with Crippen molar-refractivity contribution >= 4 is 5.91 Å². The molecule has 1 amide bonds. The van der Waals surface area contributed by atoms with E-state index in [9.17, 15) is 4.79 Å². The van der Waals surface area contributed by atoms with E-state index in [-0.39, 0.29) is 5.91 Å². The Balaban J connectivity index is 2.81. The maximum atomic E-state index is 11.2. The van der Waals surface area contributed by atoms with E-state index in [2.05, 4.69) is 31.3 Å². The van der Waals surface area contributed by atoms with Gasteiger partial charge in [-0.3, -0.25) is 4.79 Å². The number of hydrogen-bond donors (Lipinski definition) is 2. The Morgan fingerprint density at radius 3 is 2.25 bits per heavy atom. The van der Waals surface area contributed by atoms with Gasteiger partial charge in [0.15, 0.2) is 0 Å². The molecular formula is C13H20N2O. The van der Waals surface area contributed by atoms with E-state index < -0.39 is 6.04 Å². The summed E-state index contributed by atoms with van der Waals surface area (Å²) in [6.45, 7) is 4.38. The van der Waals surface area contributed by atoms with Gasteiger partial charge in [0.05, 0.1) is 0 Å². The van der Waals surface area contributed by atoms with E-state index in [1.165, 1.54) is 5.56 Å². The van der Waals surface area contributed by atoms with E-state index in [0.717, 1.165) is 12.0 Å². The van der Waals surface area contributed by atoms with Gasteiger partial charge in [0.1, 0.15) is 6.04 Å². The molecule has 0 radical (unpaired) electrons. The molecule has 3 heteroatoms. The minimum atomic E-state index is -0.395. The summed E-state index contributed by atoms with van der Waals surface area (Å²) in [6, 6.07) is 7.64. The number of carbonyl (C=O) groups is 1. The maximum Gasteiger partial charge on any atom is 0.239 e. The third-order valence-electron chi connectivity index (χ3n) is 2.53. The highest BCUT2D eigenvalue weighted by atomic mass is 16.1.